The fraction of sp³-hybridized carbons (Fsp3) is 0. The molecule has 0 aliphatic rings. The van der Waals surface area contributed by atoms with Gasteiger partial charge in [0, 0.05) is 59.9 Å². The minimum atomic E-state index is 0.701. The third kappa shape index (κ3) is 4.13. The summed E-state index contributed by atoms with van der Waals surface area (Å²) in [7, 11) is 0. The van der Waals surface area contributed by atoms with E-state index in [1.165, 1.54) is 58.3 Å². The number of hydrogen-bond acceptors (Lipinski definition) is 3. The van der Waals surface area contributed by atoms with Crippen molar-refractivity contribution in [3.63, 3.8) is 0 Å². The normalized spacial score (nSPS) is 11.9. The molecule has 7 aromatic carbocycles. The zero-order valence-corrected chi connectivity index (χ0v) is 28.2. The van der Waals surface area contributed by atoms with Gasteiger partial charge in [-0.05, 0) is 30.3 Å². The number of aromatic nitrogens is 4. The molecule has 238 valence electrons. The molecule has 0 amide bonds. The summed E-state index contributed by atoms with van der Waals surface area (Å²) in [6, 6.07) is 60.2. The second kappa shape index (κ2) is 11.0. The van der Waals surface area contributed by atoms with E-state index in [0.717, 1.165) is 33.8 Å². The predicted molar refractivity (Wildman–Crippen MR) is 214 cm³/mol. The van der Waals surface area contributed by atoms with Gasteiger partial charge in [0.2, 0.25) is 0 Å². The molecule has 11 aromatic rings. The van der Waals surface area contributed by atoms with Crippen molar-refractivity contribution in [1.82, 2.24) is 19.1 Å². The molecule has 0 saturated heterocycles. The van der Waals surface area contributed by atoms with Crippen LogP contribution in [0, 0.1) is 0 Å². The lowest BCUT2D eigenvalue weighted by Crippen LogP contribution is -2.02. The zero-order valence-electron chi connectivity index (χ0n) is 27.4. The second-order valence-electron chi connectivity index (χ2n) is 13.0. The first-order valence-electron chi connectivity index (χ1n) is 17.2. The van der Waals surface area contributed by atoms with Crippen LogP contribution in [0.2, 0.25) is 0 Å². The van der Waals surface area contributed by atoms with Gasteiger partial charge >= 0.3 is 0 Å². The average Bonchev–Trinajstić information content (AvgIpc) is 3.87. The van der Waals surface area contributed by atoms with Crippen LogP contribution in [0.25, 0.3) is 97.9 Å². The van der Waals surface area contributed by atoms with Crippen molar-refractivity contribution in [3.8, 4) is 34.2 Å². The van der Waals surface area contributed by atoms with Crippen LogP contribution in [0.1, 0.15) is 0 Å². The summed E-state index contributed by atoms with van der Waals surface area (Å²) in [6.07, 6.45) is 0. The molecule has 4 nitrogen and oxygen atoms in total. The number of thiophene rings is 1. The Morgan fingerprint density at radius 2 is 0.980 bits per heavy atom. The molecule has 0 unspecified atom stereocenters. The molecule has 0 fully saturated rings. The summed E-state index contributed by atoms with van der Waals surface area (Å²) in [5.74, 6) is 1.55. The van der Waals surface area contributed by atoms with E-state index in [1.54, 1.807) is 0 Å². The first kappa shape index (κ1) is 28.3. The maximum atomic E-state index is 5.38. The van der Waals surface area contributed by atoms with E-state index >= 15 is 0 Å². The highest BCUT2D eigenvalue weighted by molar-refractivity contribution is 7.27. The predicted octanol–water partition coefficient (Wildman–Crippen LogP) is 12.4. The molecular weight excluding hydrogens is 641 g/mol. The molecule has 4 heterocycles. The van der Waals surface area contributed by atoms with E-state index in [0.29, 0.717) is 5.82 Å². The standard InChI is InChI=1S/C46H28N4S/c1-4-16-29(17-5-1)35-28-39(48-46(47-35)30-18-6-2-7-19-30)50-37-26-14-11-23-33(37)41-40-32-22-10-13-25-36(32)49(31-20-8-3-9-21-31)43(40)42-34-24-12-15-27-38(34)51-45(42)44(41)50/h1-28H. The van der Waals surface area contributed by atoms with Crippen LogP contribution >= 0.6 is 11.3 Å². The summed E-state index contributed by atoms with van der Waals surface area (Å²) >= 11 is 1.87. The molecule has 0 bridgehead atoms. The zero-order chi connectivity index (χ0) is 33.5. The highest BCUT2D eigenvalue weighted by Crippen LogP contribution is 2.51. The molecule has 5 heteroatoms. The molecule has 4 aromatic heterocycles. The number of rotatable bonds is 4. The Labute approximate surface area is 297 Å². The lowest BCUT2D eigenvalue weighted by atomic mass is 10.0. The van der Waals surface area contributed by atoms with E-state index in [-0.39, 0.29) is 0 Å². The molecule has 51 heavy (non-hydrogen) atoms. The maximum Gasteiger partial charge on any atom is 0.162 e. The first-order chi connectivity index (χ1) is 25.3. The molecule has 0 saturated carbocycles. The van der Waals surface area contributed by atoms with Crippen molar-refractivity contribution in [2.75, 3.05) is 0 Å². The van der Waals surface area contributed by atoms with Gasteiger partial charge in [0.1, 0.15) is 5.82 Å². The molecule has 0 aliphatic heterocycles. The average molecular weight is 669 g/mol. The highest BCUT2D eigenvalue weighted by atomic mass is 32.1. The summed E-state index contributed by atoms with van der Waals surface area (Å²) in [4.78, 5) is 10.5. The van der Waals surface area contributed by atoms with Gasteiger partial charge in [-0.1, -0.05) is 133 Å². The summed E-state index contributed by atoms with van der Waals surface area (Å²) < 4.78 is 7.39. The van der Waals surface area contributed by atoms with E-state index in [4.69, 9.17) is 9.97 Å². The fourth-order valence-electron chi connectivity index (χ4n) is 7.99. The molecule has 0 spiro atoms. The maximum absolute atomic E-state index is 5.38. The van der Waals surface area contributed by atoms with Crippen LogP contribution in [-0.2, 0) is 0 Å². The van der Waals surface area contributed by atoms with Crippen molar-refractivity contribution in [2.24, 2.45) is 0 Å². The summed E-state index contributed by atoms with van der Waals surface area (Å²) in [5.41, 5.74) is 8.80. The highest BCUT2D eigenvalue weighted by Gasteiger charge is 2.27. The van der Waals surface area contributed by atoms with E-state index < -0.39 is 0 Å². The summed E-state index contributed by atoms with van der Waals surface area (Å²) in [6.45, 7) is 0. The lowest BCUT2D eigenvalue weighted by molar-refractivity contribution is 1.05. The minimum Gasteiger partial charge on any atom is -0.309 e. The summed E-state index contributed by atoms with van der Waals surface area (Å²) in [5, 5.41) is 7.47. The third-order valence-corrected chi connectivity index (χ3v) is 11.3. The van der Waals surface area contributed by atoms with Crippen LogP contribution in [0.3, 0.4) is 0 Å². The lowest BCUT2D eigenvalue weighted by Gasteiger charge is -2.13. The number of hydrogen-bond donors (Lipinski definition) is 0. The van der Waals surface area contributed by atoms with Gasteiger partial charge in [-0.2, -0.15) is 0 Å². The fourth-order valence-corrected chi connectivity index (χ4v) is 9.24. The van der Waals surface area contributed by atoms with Crippen LogP contribution in [0.4, 0.5) is 0 Å². The van der Waals surface area contributed by atoms with Gasteiger partial charge in [0.05, 0.1) is 32.5 Å². The molecule has 0 aliphatic carbocycles. The molecule has 11 rings (SSSR count). The van der Waals surface area contributed by atoms with Crippen LogP contribution in [-0.4, -0.2) is 19.1 Å². The quantitative estimate of drug-likeness (QED) is 0.187. The largest absolute Gasteiger partial charge is 0.309 e. The Hall–Kier alpha value is -6.56. The molecule has 0 atom stereocenters. The molecular formula is C46H28N4S. The number of benzene rings is 7. The smallest absolute Gasteiger partial charge is 0.162 e. The van der Waals surface area contributed by atoms with Gasteiger partial charge in [0.15, 0.2) is 5.82 Å². The first-order valence-corrected chi connectivity index (χ1v) is 18.0. The third-order valence-electron chi connectivity index (χ3n) is 10.1. The van der Waals surface area contributed by atoms with Crippen LogP contribution < -0.4 is 0 Å². The number of fused-ring (bicyclic) bond motifs is 12. The van der Waals surface area contributed by atoms with E-state index in [1.807, 2.05) is 35.6 Å². The van der Waals surface area contributed by atoms with Gasteiger partial charge < -0.3 is 4.57 Å². The molecule has 0 N–H and O–H groups in total. The van der Waals surface area contributed by atoms with E-state index in [9.17, 15) is 0 Å². The van der Waals surface area contributed by atoms with Crippen molar-refractivity contribution in [2.45, 2.75) is 0 Å². The van der Waals surface area contributed by atoms with Crippen molar-refractivity contribution in [1.29, 1.82) is 0 Å². The van der Waals surface area contributed by atoms with Crippen molar-refractivity contribution >= 4 is 75.1 Å². The minimum absolute atomic E-state index is 0.701. The Balaban J connectivity index is 1.39. The number of para-hydroxylation sites is 3. The van der Waals surface area contributed by atoms with Crippen LogP contribution in [0.5, 0.6) is 0 Å². The van der Waals surface area contributed by atoms with Gasteiger partial charge in [-0.25, -0.2) is 9.97 Å². The Morgan fingerprint density at radius 1 is 0.431 bits per heavy atom. The van der Waals surface area contributed by atoms with Gasteiger partial charge in [0.25, 0.3) is 0 Å². The number of nitrogens with zero attached hydrogens (tertiary/aromatic N) is 4. The van der Waals surface area contributed by atoms with Crippen molar-refractivity contribution in [3.05, 3.63) is 170 Å². The van der Waals surface area contributed by atoms with Gasteiger partial charge in [-0.3, -0.25) is 4.57 Å². The van der Waals surface area contributed by atoms with Crippen LogP contribution in [0.15, 0.2) is 170 Å². The van der Waals surface area contributed by atoms with Gasteiger partial charge in [-0.15, -0.1) is 11.3 Å². The topological polar surface area (TPSA) is 35.6 Å². The monoisotopic (exact) mass is 668 g/mol. The Morgan fingerprint density at radius 3 is 1.69 bits per heavy atom. The van der Waals surface area contributed by atoms with E-state index in [2.05, 4.69) is 155 Å². The molecule has 0 radical (unpaired) electrons. The van der Waals surface area contributed by atoms with Crippen molar-refractivity contribution < 1.29 is 0 Å². The Kier molecular flexibility index (Phi) is 6.09. The SMILES string of the molecule is c1ccc(-c2cc(-n3c4ccccc4c4c5c6ccccc6n(-c6ccccc6)c5c5c6ccccc6sc5c43)nc(-c3ccccc3)n2)cc1. The Bertz CT molecular complexity index is 3060. The second-order valence-corrected chi connectivity index (χ2v) is 14.0.